The molecule has 0 saturated heterocycles. The normalized spacial score (nSPS) is 12.8. The largest absolute Gasteiger partial charge is 0.478 e. The number of rotatable bonds is 9. The van der Waals surface area contributed by atoms with Crippen molar-refractivity contribution in [2.75, 3.05) is 13.6 Å². The average molecular weight is 516 g/mol. The van der Waals surface area contributed by atoms with Crippen LogP contribution in [-0.2, 0) is 11.3 Å². The first kappa shape index (κ1) is 24.8. The van der Waals surface area contributed by atoms with Crippen LogP contribution >= 0.6 is 0 Å². The highest BCUT2D eigenvalue weighted by Crippen LogP contribution is 2.25. The van der Waals surface area contributed by atoms with Crippen LogP contribution in [0.15, 0.2) is 65.3 Å². The highest BCUT2D eigenvalue weighted by molar-refractivity contribution is 5.95. The van der Waals surface area contributed by atoms with Crippen LogP contribution in [0.25, 0.3) is 17.0 Å². The number of likely N-dealkylation sites (N-methyl/N-ethyl adjacent to an activating group) is 1. The number of nitrogens with one attached hydrogen (secondary N) is 2. The van der Waals surface area contributed by atoms with Gasteiger partial charge >= 0.3 is 5.97 Å². The maximum absolute atomic E-state index is 12.6. The zero-order valence-corrected chi connectivity index (χ0v) is 20.5. The van der Waals surface area contributed by atoms with E-state index in [1.165, 1.54) is 28.9 Å². The molecule has 0 unspecified atom stereocenters. The van der Waals surface area contributed by atoms with Crippen LogP contribution in [0, 0.1) is 0 Å². The Hall–Kier alpha value is -4.93. The van der Waals surface area contributed by atoms with Crippen molar-refractivity contribution in [3.63, 3.8) is 0 Å². The second-order valence-electron chi connectivity index (χ2n) is 9.08. The van der Waals surface area contributed by atoms with Crippen molar-refractivity contribution < 1.29 is 28.7 Å². The smallest absolute Gasteiger partial charge is 0.337 e. The first-order valence-corrected chi connectivity index (χ1v) is 12.0. The molecule has 0 atom stereocenters. The summed E-state index contributed by atoms with van der Waals surface area (Å²) in [5, 5.41) is 14.5. The Morgan fingerprint density at radius 2 is 1.87 bits per heavy atom. The van der Waals surface area contributed by atoms with E-state index >= 15 is 0 Å². The minimum atomic E-state index is -1.07. The van der Waals surface area contributed by atoms with Gasteiger partial charge in [-0.25, -0.2) is 9.78 Å². The number of carboxylic acid groups (broad SMARTS) is 1. The van der Waals surface area contributed by atoms with Crippen LogP contribution in [-0.4, -0.2) is 62.7 Å². The number of amides is 3. The fourth-order valence-corrected chi connectivity index (χ4v) is 3.98. The van der Waals surface area contributed by atoms with E-state index in [0.717, 1.165) is 18.4 Å². The van der Waals surface area contributed by atoms with Crippen molar-refractivity contribution in [2.24, 2.45) is 0 Å². The minimum Gasteiger partial charge on any atom is -0.478 e. The molecule has 11 heteroatoms. The molecule has 4 aromatic rings. The van der Waals surface area contributed by atoms with Gasteiger partial charge in [0.05, 0.1) is 12.1 Å². The van der Waals surface area contributed by atoms with Crippen LogP contribution in [0.5, 0.6) is 0 Å². The zero-order valence-electron chi connectivity index (χ0n) is 20.5. The lowest BCUT2D eigenvalue weighted by Crippen LogP contribution is -2.39. The number of fused-ring (bicyclic) bond motifs is 1. The van der Waals surface area contributed by atoms with Gasteiger partial charge in [-0.3, -0.25) is 14.4 Å². The topological polar surface area (TPSA) is 146 Å². The van der Waals surface area contributed by atoms with Gasteiger partial charge in [-0.1, -0.05) is 18.2 Å². The number of hydrogen-bond donors (Lipinski definition) is 3. The Morgan fingerprint density at radius 1 is 1.05 bits per heavy atom. The van der Waals surface area contributed by atoms with Crippen molar-refractivity contribution in [1.82, 2.24) is 24.9 Å². The SMILES string of the molecule is CN(C(=O)CNC(=O)c1ccc(-c2cccc(CNC(=O)c3cn4cc(C(=O)O)ccc4n3)c2)o1)C1CC1. The molecule has 1 aliphatic rings. The van der Waals surface area contributed by atoms with Crippen molar-refractivity contribution in [1.29, 1.82) is 0 Å². The number of imidazole rings is 1. The zero-order chi connectivity index (χ0) is 26.8. The number of pyridine rings is 1. The summed E-state index contributed by atoms with van der Waals surface area (Å²) in [6.07, 6.45) is 4.86. The molecule has 194 valence electrons. The van der Waals surface area contributed by atoms with Crippen molar-refractivity contribution in [2.45, 2.75) is 25.4 Å². The molecular formula is C27H25N5O6. The lowest BCUT2D eigenvalue weighted by atomic mass is 10.1. The van der Waals surface area contributed by atoms with Crippen LogP contribution in [0.1, 0.15) is 49.8 Å². The number of benzene rings is 1. The minimum absolute atomic E-state index is 0.0897. The van der Waals surface area contributed by atoms with Crippen molar-refractivity contribution in [3.05, 3.63) is 83.5 Å². The van der Waals surface area contributed by atoms with Crippen LogP contribution in [0.3, 0.4) is 0 Å². The summed E-state index contributed by atoms with van der Waals surface area (Å²) in [5.74, 6) is -1.52. The lowest BCUT2D eigenvalue weighted by Gasteiger charge is -2.16. The summed E-state index contributed by atoms with van der Waals surface area (Å²) >= 11 is 0. The summed E-state index contributed by atoms with van der Waals surface area (Å²) in [6, 6.07) is 13.8. The summed E-state index contributed by atoms with van der Waals surface area (Å²) in [6.45, 7) is 0.121. The molecule has 3 heterocycles. The van der Waals surface area contributed by atoms with Gasteiger partial charge in [0, 0.05) is 37.6 Å². The third-order valence-electron chi connectivity index (χ3n) is 6.31. The van der Waals surface area contributed by atoms with Crippen molar-refractivity contribution in [3.8, 4) is 11.3 Å². The maximum Gasteiger partial charge on any atom is 0.337 e. The molecule has 3 amide bonds. The van der Waals surface area contributed by atoms with Crippen LogP contribution < -0.4 is 10.6 Å². The predicted molar refractivity (Wildman–Crippen MR) is 136 cm³/mol. The first-order chi connectivity index (χ1) is 18.3. The Kier molecular flexibility index (Phi) is 6.65. The van der Waals surface area contributed by atoms with E-state index in [1.54, 1.807) is 24.1 Å². The molecule has 38 heavy (non-hydrogen) atoms. The van der Waals surface area contributed by atoms with Gasteiger partial charge in [0.1, 0.15) is 17.1 Å². The maximum atomic E-state index is 12.6. The lowest BCUT2D eigenvalue weighted by molar-refractivity contribution is -0.129. The number of aromatic nitrogens is 2. The van der Waals surface area contributed by atoms with E-state index in [-0.39, 0.29) is 42.1 Å². The molecule has 1 aliphatic carbocycles. The predicted octanol–water partition coefficient (Wildman–Crippen LogP) is 2.57. The summed E-state index contributed by atoms with van der Waals surface area (Å²) in [7, 11) is 1.74. The van der Waals surface area contributed by atoms with Gasteiger partial charge < -0.3 is 29.5 Å². The van der Waals surface area contributed by atoms with E-state index in [9.17, 15) is 19.2 Å². The summed E-state index contributed by atoms with van der Waals surface area (Å²) in [5.41, 5.74) is 2.22. The number of carbonyl (C=O) groups excluding carboxylic acids is 3. The van der Waals surface area contributed by atoms with E-state index in [0.29, 0.717) is 17.0 Å². The van der Waals surface area contributed by atoms with E-state index in [4.69, 9.17) is 9.52 Å². The molecular weight excluding hydrogens is 490 g/mol. The van der Waals surface area contributed by atoms with E-state index < -0.39 is 17.8 Å². The molecule has 11 nitrogen and oxygen atoms in total. The van der Waals surface area contributed by atoms with Crippen LogP contribution in [0.2, 0.25) is 0 Å². The third-order valence-corrected chi connectivity index (χ3v) is 6.31. The molecule has 1 saturated carbocycles. The number of nitrogens with zero attached hydrogens (tertiary/aromatic N) is 3. The van der Waals surface area contributed by atoms with Gasteiger partial charge in [-0.05, 0) is 48.7 Å². The Labute approximate surface area is 217 Å². The fourth-order valence-electron chi connectivity index (χ4n) is 3.98. The number of hydrogen-bond acceptors (Lipinski definition) is 6. The molecule has 3 N–H and O–H groups in total. The van der Waals surface area contributed by atoms with Gasteiger partial charge in [0.25, 0.3) is 11.8 Å². The second kappa shape index (κ2) is 10.2. The molecule has 1 aromatic carbocycles. The number of aromatic carboxylic acids is 1. The third kappa shape index (κ3) is 5.41. The average Bonchev–Trinajstić information content (AvgIpc) is 3.48. The first-order valence-electron chi connectivity index (χ1n) is 12.0. The Morgan fingerprint density at radius 3 is 2.63 bits per heavy atom. The standard InChI is InChI=1S/C27H25N5O6/c1-31(19-6-7-19)24(33)13-29-26(35)22-9-8-21(38-22)17-4-2-3-16(11-17)12-28-25(34)20-15-32-14-18(27(36)37)5-10-23(32)30-20/h2-5,8-11,14-15,19H,6-7,12-13H2,1H3,(H,28,34)(H,29,35)(H,36,37). The Bertz CT molecular complexity index is 1550. The van der Waals surface area contributed by atoms with Gasteiger partial charge in [-0.15, -0.1) is 0 Å². The monoisotopic (exact) mass is 515 g/mol. The number of furan rings is 1. The molecule has 0 radical (unpaired) electrons. The summed E-state index contributed by atoms with van der Waals surface area (Å²) in [4.78, 5) is 54.3. The van der Waals surface area contributed by atoms with Gasteiger partial charge in [-0.2, -0.15) is 0 Å². The molecule has 3 aromatic heterocycles. The molecule has 0 aliphatic heterocycles. The van der Waals surface area contributed by atoms with Crippen LogP contribution in [0.4, 0.5) is 0 Å². The van der Waals surface area contributed by atoms with Gasteiger partial charge in [0.2, 0.25) is 5.91 Å². The van der Waals surface area contributed by atoms with Gasteiger partial charge in [0.15, 0.2) is 5.76 Å². The fraction of sp³-hybridized carbons (Fsp3) is 0.222. The van der Waals surface area contributed by atoms with E-state index in [2.05, 4.69) is 15.6 Å². The Balaban J connectivity index is 1.19. The van der Waals surface area contributed by atoms with Crippen molar-refractivity contribution >= 4 is 29.3 Å². The highest BCUT2D eigenvalue weighted by Gasteiger charge is 2.29. The quantitative estimate of drug-likeness (QED) is 0.310. The number of carboxylic acids is 1. The second-order valence-corrected chi connectivity index (χ2v) is 9.08. The summed E-state index contributed by atoms with van der Waals surface area (Å²) < 4.78 is 7.21. The molecule has 0 bridgehead atoms. The number of carbonyl (C=O) groups is 4. The highest BCUT2D eigenvalue weighted by atomic mass is 16.4. The molecule has 5 rings (SSSR count). The van der Waals surface area contributed by atoms with E-state index in [1.807, 2.05) is 24.3 Å². The molecule has 0 spiro atoms. The molecule has 1 fully saturated rings.